The van der Waals surface area contributed by atoms with Crippen LogP contribution in [0, 0.1) is 6.92 Å². The lowest BCUT2D eigenvalue weighted by atomic mass is 10.1. The van der Waals surface area contributed by atoms with Crippen LogP contribution in [-0.4, -0.2) is 44.4 Å². The summed E-state index contributed by atoms with van der Waals surface area (Å²) in [7, 11) is 1.77. The van der Waals surface area contributed by atoms with Gasteiger partial charge in [-0.1, -0.05) is 52.0 Å². The predicted molar refractivity (Wildman–Crippen MR) is 124 cm³/mol. The van der Waals surface area contributed by atoms with E-state index < -0.39 is 6.10 Å². The van der Waals surface area contributed by atoms with Gasteiger partial charge in [0, 0.05) is 18.1 Å². The maximum Gasteiger partial charge on any atom is 0.262 e. The van der Waals surface area contributed by atoms with E-state index in [1.165, 1.54) is 16.3 Å². The number of fused-ring (bicyclic) bond motifs is 1. The Balaban J connectivity index is 1.82. The Morgan fingerprint density at radius 1 is 1.30 bits per heavy atom. The summed E-state index contributed by atoms with van der Waals surface area (Å²) in [6.07, 6.45) is -0.715. The van der Waals surface area contributed by atoms with Crippen LogP contribution >= 0.6 is 27.7 Å². The van der Waals surface area contributed by atoms with E-state index >= 15 is 0 Å². The highest BCUT2D eigenvalue weighted by Crippen LogP contribution is 2.21. The van der Waals surface area contributed by atoms with Gasteiger partial charge < -0.3 is 10.0 Å². The van der Waals surface area contributed by atoms with Gasteiger partial charge in [-0.15, -0.1) is 0 Å². The number of benzene rings is 2. The molecule has 0 aliphatic carbocycles. The van der Waals surface area contributed by atoms with Crippen molar-refractivity contribution in [1.82, 2.24) is 14.5 Å². The fourth-order valence-corrected chi connectivity index (χ4v) is 4.39. The number of aryl methyl sites for hydroxylation is 1. The Bertz CT molecular complexity index is 1130. The second kappa shape index (κ2) is 9.76. The van der Waals surface area contributed by atoms with E-state index in [1.807, 2.05) is 37.3 Å². The number of halogens is 1. The zero-order valence-corrected chi connectivity index (χ0v) is 19.5. The molecule has 6 nitrogen and oxygen atoms in total. The molecule has 0 saturated carbocycles. The normalized spacial score (nSPS) is 12.2. The van der Waals surface area contributed by atoms with Crippen molar-refractivity contribution in [2.45, 2.75) is 38.2 Å². The number of amides is 1. The fourth-order valence-electron chi connectivity index (χ4n) is 3.08. The first-order valence-corrected chi connectivity index (χ1v) is 11.3. The molecule has 0 saturated heterocycles. The molecule has 0 radical (unpaired) electrons. The minimum atomic E-state index is -0.715. The van der Waals surface area contributed by atoms with Crippen molar-refractivity contribution < 1.29 is 9.90 Å². The maximum absolute atomic E-state index is 13.0. The molecule has 3 aromatic rings. The molecule has 1 aromatic heterocycles. The largest absolute Gasteiger partial charge is 0.392 e. The summed E-state index contributed by atoms with van der Waals surface area (Å²) in [6, 6.07) is 13.3. The lowest BCUT2D eigenvalue weighted by Crippen LogP contribution is -2.30. The van der Waals surface area contributed by atoms with E-state index in [-0.39, 0.29) is 23.8 Å². The first kappa shape index (κ1) is 22.5. The summed E-state index contributed by atoms with van der Waals surface area (Å²) in [6.45, 7) is 4.28. The van der Waals surface area contributed by atoms with Gasteiger partial charge in [0.25, 0.3) is 5.56 Å². The number of aromatic nitrogens is 2. The molecule has 0 aliphatic rings. The van der Waals surface area contributed by atoms with E-state index in [9.17, 15) is 14.7 Å². The van der Waals surface area contributed by atoms with Crippen LogP contribution in [0.4, 0.5) is 0 Å². The topological polar surface area (TPSA) is 75.4 Å². The van der Waals surface area contributed by atoms with Gasteiger partial charge in [-0.05, 0) is 43.2 Å². The standard InChI is InChI=1S/C22H24BrN3O3S/c1-14-6-4-5-7-16(14)12-25(3)20(28)13-30-22-24-19-9-8-17(23)10-18(19)21(29)26(22)11-15(2)27/h4-10,15,27H,11-13H2,1-3H3. The Morgan fingerprint density at radius 2 is 2.03 bits per heavy atom. The average molecular weight is 490 g/mol. The first-order chi connectivity index (χ1) is 14.3. The molecule has 3 rings (SSSR count). The molecule has 0 aliphatic heterocycles. The van der Waals surface area contributed by atoms with Crippen molar-refractivity contribution >= 4 is 44.5 Å². The highest BCUT2D eigenvalue weighted by molar-refractivity contribution is 9.10. The smallest absolute Gasteiger partial charge is 0.262 e. The monoisotopic (exact) mass is 489 g/mol. The third-order valence-electron chi connectivity index (χ3n) is 4.75. The fraction of sp³-hybridized carbons (Fsp3) is 0.318. The van der Waals surface area contributed by atoms with Crippen molar-refractivity contribution in [3.63, 3.8) is 0 Å². The van der Waals surface area contributed by atoms with Crippen molar-refractivity contribution in [1.29, 1.82) is 0 Å². The van der Waals surface area contributed by atoms with Gasteiger partial charge in [-0.3, -0.25) is 14.2 Å². The molecule has 1 atom stereocenters. The predicted octanol–water partition coefficient (Wildman–Crippen LogP) is 3.60. The van der Waals surface area contributed by atoms with E-state index in [4.69, 9.17) is 0 Å². The number of thioether (sulfide) groups is 1. The van der Waals surface area contributed by atoms with Gasteiger partial charge in [-0.2, -0.15) is 0 Å². The molecular formula is C22H24BrN3O3S. The summed E-state index contributed by atoms with van der Waals surface area (Å²) in [4.78, 5) is 31.9. The van der Waals surface area contributed by atoms with Crippen molar-refractivity contribution in [3.05, 3.63) is 68.4 Å². The van der Waals surface area contributed by atoms with Crippen LogP contribution in [0.15, 0.2) is 56.9 Å². The summed E-state index contributed by atoms with van der Waals surface area (Å²) in [5, 5.41) is 10.8. The van der Waals surface area contributed by atoms with Crippen LogP contribution in [0.1, 0.15) is 18.1 Å². The minimum absolute atomic E-state index is 0.0583. The zero-order chi connectivity index (χ0) is 21.8. The van der Waals surface area contributed by atoms with E-state index in [0.29, 0.717) is 22.6 Å². The Hall–Kier alpha value is -2.16. The van der Waals surface area contributed by atoms with Crippen LogP contribution < -0.4 is 5.56 Å². The molecule has 2 aromatic carbocycles. The molecule has 158 valence electrons. The molecule has 1 unspecified atom stereocenters. The summed E-state index contributed by atoms with van der Waals surface area (Å²) in [5.74, 6) is 0.0911. The van der Waals surface area contributed by atoms with Crippen LogP contribution in [0.5, 0.6) is 0 Å². The number of aliphatic hydroxyl groups excluding tert-OH is 1. The van der Waals surface area contributed by atoms with E-state index in [1.54, 1.807) is 31.0 Å². The molecule has 0 fully saturated rings. The lowest BCUT2D eigenvalue weighted by molar-refractivity contribution is -0.127. The van der Waals surface area contributed by atoms with Gasteiger partial charge in [0.2, 0.25) is 5.91 Å². The van der Waals surface area contributed by atoms with Gasteiger partial charge in [0.05, 0.1) is 29.3 Å². The van der Waals surface area contributed by atoms with Crippen LogP contribution in [-0.2, 0) is 17.9 Å². The second-order valence-corrected chi connectivity index (χ2v) is 9.14. The number of carbonyl (C=O) groups excluding carboxylic acids is 1. The van der Waals surface area contributed by atoms with Gasteiger partial charge in [0.1, 0.15) is 0 Å². The molecule has 1 heterocycles. The molecule has 0 bridgehead atoms. The number of hydrogen-bond donors (Lipinski definition) is 1. The molecule has 30 heavy (non-hydrogen) atoms. The molecule has 1 N–H and O–H groups in total. The first-order valence-electron chi connectivity index (χ1n) is 9.55. The molecule has 1 amide bonds. The number of aliphatic hydroxyl groups is 1. The van der Waals surface area contributed by atoms with Crippen molar-refractivity contribution in [2.75, 3.05) is 12.8 Å². The van der Waals surface area contributed by atoms with E-state index in [2.05, 4.69) is 20.9 Å². The number of carbonyl (C=O) groups is 1. The number of rotatable bonds is 7. The Morgan fingerprint density at radius 3 is 2.73 bits per heavy atom. The molecule has 0 spiro atoms. The third-order valence-corrected chi connectivity index (χ3v) is 6.20. The van der Waals surface area contributed by atoms with E-state index in [0.717, 1.165) is 15.6 Å². The van der Waals surface area contributed by atoms with Gasteiger partial charge in [-0.25, -0.2) is 4.98 Å². The highest BCUT2D eigenvalue weighted by Gasteiger charge is 2.17. The van der Waals surface area contributed by atoms with Gasteiger partial charge >= 0.3 is 0 Å². The highest BCUT2D eigenvalue weighted by atomic mass is 79.9. The van der Waals surface area contributed by atoms with Gasteiger partial charge in [0.15, 0.2) is 5.16 Å². The quantitative estimate of drug-likeness (QED) is 0.405. The lowest BCUT2D eigenvalue weighted by Gasteiger charge is -2.19. The minimum Gasteiger partial charge on any atom is -0.392 e. The second-order valence-electron chi connectivity index (χ2n) is 7.29. The van der Waals surface area contributed by atoms with Crippen molar-refractivity contribution in [2.24, 2.45) is 0 Å². The van der Waals surface area contributed by atoms with Crippen LogP contribution in [0.25, 0.3) is 10.9 Å². The Labute approximate surface area is 188 Å². The summed E-state index contributed by atoms with van der Waals surface area (Å²) >= 11 is 4.59. The SMILES string of the molecule is Cc1ccccc1CN(C)C(=O)CSc1nc2ccc(Br)cc2c(=O)n1CC(C)O. The molecular weight excluding hydrogens is 466 g/mol. The summed E-state index contributed by atoms with van der Waals surface area (Å²) in [5.41, 5.74) is 2.57. The average Bonchev–Trinajstić information content (AvgIpc) is 2.70. The van der Waals surface area contributed by atoms with Crippen LogP contribution in [0.2, 0.25) is 0 Å². The molecule has 8 heteroatoms. The number of hydrogen-bond acceptors (Lipinski definition) is 5. The van der Waals surface area contributed by atoms with Crippen molar-refractivity contribution in [3.8, 4) is 0 Å². The Kier molecular flexibility index (Phi) is 7.33. The summed E-state index contributed by atoms with van der Waals surface area (Å²) < 4.78 is 2.23. The number of nitrogens with zero attached hydrogens (tertiary/aromatic N) is 3. The maximum atomic E-state index is 13.0. The third kappa shape index (κ3) is 5.30. The van der Waals surface area contributed by atoms with Crippen LogP contribution in [0.3, 0.4) is 0 Å². The zero-order valence-electron chi connectivity index (χ0n) is 17.1.